The SMILES string of the molecule is NCCc1ccc(B2OCCCO2)cc1. The fourth-order valence-electron chi connectivity index (χ4n) is 1.69. The van der Waals surface area contributed by atoms with E-state index in [2.05, 4.69) is 24.3 Å². The summed E-state index contributed by atoms with van der Waals surface area (Å²) >= 11 is 0. The van der Waals surface area contributed by atoms with Crippen LogP contribution in [0.15, 0.2) is 24.3 Å². The molecule has 1 aliphatic rings. The molecule has 0 bridgehead atoms. The molecule has 2 N–H and O–H groups in total. The standard InChI is InChI=1S/C11H16BNO2/c13-7-6-10-2-4-11(5-3-10)12-14-8-1-9-15-12/h2-5H,1,6-9,13H2. The van der Waals surface area contributed by atoms with Gasteiger partial charge in [0.2, 0.25) is 0 Å². The average molecular weight is 205 g/mol. The predicted molar refractivity (Wildman–Crippen MR) is 61.1 cm³/mol. The van der Waals surface area contributed by atoms with Crippen LogP contribution in [0.25, 0.3) is 0 Å². The minimum absolute atomic E-state index is 0.175. The summed E-state index contributed by atoms with van der Waals surface area (Å²) in [5.41, 5.74) is 7.85. The van der Waals surface area contributed by atoms with Crippen molar-refractivity contribution in [1.82, 2.24) is 0 Å². The number of nitrogens with two attached hydrogens (primary N) is 1. The van der Waals surface area contributed by atoms with Gasteiger partial charge in [-0.3, -0.25) is 0 Å². The topological polar surface area (TPSA) is 44.5 Å². The highest BCUT2D eigenvalue weighted by molar-refractivity contribution is 6.61. The molecule has 15 heavy (non-hydrogen) atoms. The smallest absolute Gasteiger partial charge is 0.407 e. The molecule has 3 nitrogen and oxygen atoms in total. The van der Waals surface area contributed by atoms with Gasteiger partial charge < -0.3 is 15.0 Å². The monoisotopic (exact) mass is 205 g/mol. The lowest BCUT2D eigenvalue weighted by Crippen LogP contribution is -2.40. The average Bonchev–Trinajstić information content (AvgIpc) is 2.32. The summed E-state index contributed by atoms with van der Waals surface area (Å²) in [5.74, 6) is 0. The van der Waals surface area contributed by atoms with Gasteiger partial charge in [-0.15, -0.1) is 0 Å². The van der Waals surface area contributed by atoms with E-state index >= 15 is 0 Å². The summed E-state index contributed by atoms with van der Waals surface area (Å²) in [6, 6.07) is 8.29. The second-order valence-electron chi connectivity index (χ2n) is 3.71. The van der Waals surface area contributed by atoms with E-state index < -0.39 is 0 Å². The minimum atomic E-state index is -0.175. The zero-order chi connectivity index (χ0) is 10.5. The first kappa shape index (κ1) is 10.7. The van der Waals surface area contributed by atoms with Gasteiger partial charge in [0.1, 0.15) is 0 Å². The van der Waals surface area contributed by atoms with Crippen LogP contribution in [-0.2, 0) is 15.7 Å². The van der Waals surface area contributed by atoms with Gasteiger partial charge in [0.15, 0.2) is 0 Å². The first-order chi connectivity index (χ1) is 7.40. The quantitative estimate of drug-likeness (QED) is 0.722. The van der Waals surface area contributed by atoms with Crippen molar-refractivity contribution in [3.63, 3.8) is 0 Å². The normalized spacial score (nSPS) is 16.7. The highest BCUT2D eigenvalue weighted by Crippen LogP contribution is 2.04. The Bertz CT molecular complexity index is 296. The molecule has 80 valence electrons. The Kier molecular flexibility index (Phi) is 3.77. The molecule has 1 aromatic carbocycles. The Morgan fingerprint density at radius 3 is 2.40 bits per heavy atom. The van der Waals surface area contributed by atoms with Gasteiger partial charge in [0.05, 0.1) is 0 Å². The first-order valence-corrected chi connectivity index (χ1v) is 5.42. The van der Waals surface area contributed by atoms with E-state index in [1.54, 1.807) is 0 Å². The Morgan fingerprint density at radius 1 is 1.13 bits per heavy atom. The molecule has 2 rings (SSSR count). The van der Waals surface area contributed by atoms with Gasteiger partial charge in [0.25, 0.3) is 0 Å². The maximum absolute atomic E-state index is 5.52. The maximum Gasteiger partial charge on any atom is 0.493 e. The summed E-state index contributed by atoms with van der Waals surface area (Å²) in [6.07, 6.45) is 1.91. The second-order valence-corrected chi connectivity index (χ2v) is 3.71. The molecule has 4 heteroatoms. The molecular weight excluding hydrogens is 189 g/mol. The fraction of sp³-hybridized carbons (Fsp3) is 0.455. The van der Waals surface area contributed by atoms with E-state index in [9.17, 15) is 0 Å². The second kappa shape index (κ2) is 5.30. The van der Waals surface area contributed by atoms with Crippen molar-refractivity contribution in [2.24, 2.45) is 5.73 Å². The molecule has 1 aliphatic heterocycles. The van der Waals surface area contributed by atoms with Crippen molar-refractivity contribution in [1.29, 1.82) is 0 Å². The molecule has 1 saturated heterocycles. The summed E-state index contributed by atoms with van der Waals surface area (Å²) in [7, 11) is -0.175. The highest BCUT2D eigenvalue weighted by Gasteiger charge is 2.23. The van der Waals surface area contributed by atoms with E-state index in [0.717, 1.165) is 31.5 Å². The van der Waals surface area contributed by atoms with Crippen molar-refractivity contribution in [3.8, 4) is 0 Å². The van der Waals surface area contributed by atoms with Crippen LogP contribution in [0.2, 0.25) is 0 Å². The molecule has 1 heterocycles. The summed E-state index contributed by atoms with van der Waals surface area (Å²) in [5, 5.41) is 0. The summed E-state index contributed by atoms with van der Waals surface area (Å²) < 4.78 is 11.0. The molecule has 0 amide bonds. The Morgan fingerprint density at radius 2 is 1.80 bits per heavy atom. The van der Waals surface area contributed by atoms with E-state index in [1.165, 1.54) is 5.56 Å². The van der Waals surface area contributed by atoms with Crippen LogP contribution in [0, 0.1) is 0 Å². The van der Waals surface area contributed by atoms with Gasteiger partial charge in [-0.25, -0.2) is 0 Å². The van der Waals surface area contributed by atoms with Crippen molar-refractivity contribution >= 4 is 12.6 Å². The molecule has 0 unspecified atom stereocenters. The summed E-state index contributed by atoms with van der Waals surface area (Å²) in [4.78, 5) is 0. The van der Waals surface area contributed by atoms with Crippen molar-refractivity contribution < 1.29 is 9.31 Å². The lowest BCUT2D eigenvalue weighted by molar-refractivity contribution is 0.143. The third-order valence-electron chi connectivity index (χ3n) is 2.51. The first-order valence-electron chi connectivity index (χ1n) is 5.42. The van der Waals surface area contributed by atoms with Crippen LogP contribution < -0.4 is 11.2 Å². The zero-order valence-corrected chi connectivity index (χ0v) is 8.82. The minimum Gasteiger partial charge on any atom is -0.407 e. The Balaban J connectivity index is 2.02. The molecule has 0 radical (unpaired) electrons. The maximum atomic E-state index is 5.52. The summed E-state index contributed by atoms with van der Waals surface area (Å²) in [6.45, 7) is 2.26. The van der Waals surface area contributed by atoms with Gasteiger partial charge in [-0.2, -0.15) is 0 Å². The molecule has 0 aromatic heterocycles. The lowest BCUT2D eigenvalue weighted by Gasteiger charge is -2.19. The van der Waals surface area contributed by atoms with E-state index in [0.29, 0.717) is 6.54 Å². The van der Waals surface area contributed by atoms with Crippen molar-refractivity contribution in [2.45, 2.75) is 12.8 Å². The van der Waals surface area contributed by atoms with Crippen LogP contribution in [0.4, 0.5) is 0 Å². The molecule has 1 fully saturated rings. The molecule has 0 aliphatic carbocycles. The van der Waals surface area contributed by atoms with Crippen LogP contribution in [-0.4, -0.2) is 26.9 Å². The zero-order valence-electron chi connectivity index (χ0n) is 8.82. The van der Waals surface area contributed by atoms with Gasteiger partial charge >= 0.3 is 7.12 Å². The number of rotatable bonds is 3. The fourth-order valence-corrected chi connectivity index (χ4v) is 1.69. The number of benzene rings is 1. The van der Waals surface area contributed by atoms with Gasteiger partial charge in [-0.1, -0.05) is 24.3 Å². The van der Waals surface area contributed by atoms with E-state index in [1.807, 2.05) is 0 Å². The number of hydrogen-bond acceptors (Lipinski definition) is 3. The lowest BCUT2D eigenvalue weighted by atomic mass is 9.77. The predicted octanol–water partition coefficient (Wildman–Crippen LogP) is 0.320. The van der Waals surface area contributed by atoms with Gasteiger partial charge in [-0.05, 0) is 30.4 Å². The third-order valence-corrected chi connectivity index (χ3v) is 2.51. The Labute approximate surface area is 90.7 Å². The molecule has 0 spiro atoms. The number of hydrogen-bond donors (Lipinski definition) is 1. The third kappa shape index (κ3) is 2.81. The van der Waals surface area contributed by atoms with Crippen molar-refractivity contribution in [2.75, 3.05) is 19.8 Å². The van der Waals surface area contributed by atoms with Crippen LogP contribution >= 0.6 is 0 Å². The Hall–Kier alpha value is -0.835. The van der Waals surface area contributed by atoms with Gasteiger partial charge in [0, 0.05) is 13.2 Å². The van der Waals surface area contributed by atoms with Crippen LogP contribution in [0.5, 0.6) is 0 Å². The van der Waals surface area contributed by atoms with E-state index in [4.69, 9.17) is 15.0 Å². The molecular formula is C11H16BNO2. The largest absolute Gasteiger partial charge is 0.493 e. The molecule has 1 aromatic rings. The van der Waals surface area contributed by atoms with Crippen molar-refractivity contribution in [3.05, 3.63) is 29.8 Å². The van der Waals surface area contributed by atoms with Crippen LogP contribution in [0.1, 0.15) is 12.0 Å². The van der Waals surface area contributed by atoms with E-state index in [-0.39, 0.29) is 7.12 Å². The molecule has 0 atom stereocenters. The van der Waals surface area contributed by atoms with Crippen LogP contribution in [0.3, 0.4) is 0 Å². The highest BCUT2D eigenvalue weighted by atomic mass is 16.6. The molecule has 0 saturated carbocycles.